The van der Waals surface area contributed by atoms with Crippen LogP contribution < -0.4 is 10.2 Å². The highest BCUT2D eigenvalue weighted by atomic mass is 127. The summed E-state index contributed by atoms with van der Waals surface area (Å²) < 4.78 is 1.14. The molecule has 1 aliphatic heterocycles. The standard InChI is InChI=1S/C15H15IN2OS/c1-10-8-18(15(19)12-6-14(16)20-9-12)13-5-3-2-4-11(13)7-17-10/h2-6,9-10,17H,7-8H2,1H3. The zero-order valence-corrected chi connectivity index (χ0v) is 14.1. The van der Waals surface area contributed by atoms with Crippen molar-refractivity contribution in [3.05, 3.63) is 49.7 Å². The Morgan fingerprint density at radius 3 is 3.00 bits per heavy atom. The normalized spacial score (nSPS) is 18.5. The highest BCUT2D eigenvalue weighted by Crippen LogP contribution is 2.26. The van der Waals surface area contributed by atoms with Gasteiger partial charge in [0.1, 0.15) is 0 Å². The van der Waals surface area contributed by atoms with Crippen LogP contribution in [0.2, 0.25) is 0 Å². The third-order valence-corrected chi connectivity index (χ3v) is 5.23. The number of hydrogen-bond acceptors (Lipinski definition) is 3. The van der Waals surface area contributed by atoms with Gasteiger partial charge in [0.2, 0.25) is 0 Å². The summed E-state index contributed by atoms with van der Waals surface area (Å²) >= 11 is 3.86. The van der Waals surface area contributed by atoms with Gasteiger partial charge in [-0.3, -0.25) is 4.79 Å². The summed E-state index contributed by atoms with van der Waals surface area (Å²) in [7, 11) is 0. The van der Waals surface area contributed by atoms with E-state index in [1.165, 1.54) is 5.56 Å². The largest absolute Gasteiger partial charge is 0.308 e. The van der Waals surface area contributed by atoms with E-state index in [2.05, 4.69) is 40.9 Å². The smallest absolute Gasteiger partial charge is 0.259 e. The van der Waals surface area contributed by atoms with Crippen LogP contribution in [0.4, 0.5) is 5.69 Å². The Bertz CT molecular complexity index is 640. The lowest BCUT2D eigenvalue weighted by molar-refractivity contribution is 0.0986. The second-order valence-electron chi connectivity index (χ2n) is 4.97. The highest BCUT2D eigenvalue weighted by Gasteiger charge is 2.25. The van der Waals surface area contributed by atoms with Gasteiger partial charge in [0.05, 0.1) is 8.45 Å². The number of carbonyl (C=O) groups is 1. The van der Waals surface area contributed by atoms with Gasteiger partial charge in [0.15, 0.2) is 0 Å². The van der Waals surface area contributed by atoms with E-state index in [1.807, 2.05) is 34.5 Å². The van der Waals surface area contributed by atoms with Crippen molar-refractivity contribution in [3.8, 4) is 0 Å². The summed E-state index contributed by atoms with van der Waals surface area (Å²) in [6.07, 6.45) is 0. The van der Waals surface area contributed by atoms with Crippen LogP contribution in [0.25, 0.3) is 0 Å². The number of anilines is 1. The Hall–Kier alpha value is -0.920. The Balaban J connectivity index is 2.00. The predicted molar refractivity (Wildman–Crippen MR) is 91.5 cm³/mol. The third-order valence-electron chi connectivity index (χ3n) is 3.44. The van der Waals surface area contributed by atoms with E-state index in [1.54, 1.807) is 11.3 Å². The molecule has 1 N–H and O–H groups in total. The lowest BCUT2D eigenvalue weighted by atomic mass is 10.1. The zero-order valence-electron chi connectivity index (χ0n) is 11.1. The lowest BCUT2D eigenvalue weighted by Crippen LogP contribution is -2.39. The maximum atomic E-state index is 12.8. The van der Waals surface area contributed by atoms with Crippen LogP contribution in [0.3, 0.4) is 0 Å². The molecule has 2 heterocycles. The van der Waals surface area contributed by atoms with Crippen molar-refractivity contribution in [2.45, 2.75) is 19.5 Å². The average Bonchev–Trinajstić information content (AvgIpc) is 2.81. The van der Waals surface area contributed by atoms with E-state index >= 15 is 0 Å². The Morgan fingerprint density at radius 1 is 1.45 bits per heavy atom. The van der Waals surface area contributed by atoms with Gasteiger partial charge in [-0.05, 0) is 47.2 Å². The van der Waals surface area contributed by atoms with Crippen molar-refractivity contribution in [2.24, 2.45) is 0 Å². The summed E-state index contributed by atoms with van der Waals surface area (Å²) in [5.74, 6) is 0.0900. The first-order chi connectivity index (χ1) is 9.65. The fourth-order valence-corrected chi connectivity index (χ4v) is 3.74. The summed E-state index contributed by atoms with van der Waals surface area (Å²) in [6.45, 7) is 3.62. The van der Waals surface area contributed by atoms with Crippen molar-refractivity contribution >= 4 is 45.5 Å². The molecule has 1 unspecified atom stereocenters. The molecule has 0 radical (unpaired) electrons. The highest BCUT2D eigenvalue weighted by molar-refractivity contribution is 14.1. The van der Waals surface area contributed by atoms with Crippen molar-refractivity contribution in [1.82, 2.24) is 5.32 Å². The van der Waals surface area contributed by atoms with E-state index in [4.69, 9.17) is 0 Å². The molecule has 2 aromatic rings. The molecule has 5 heteroatoms. The summed E-state index contributed by atoms with van der Waals surface area (Å²) in [6, 6.07) is 10.4. The molecule has 0 bridgehead atoms. The number of nitrogens with one attached hydrogen (secondary N) is 1. The molecule has 1 aliphatic rings. The van der Waals surface area contributed by atoms with Gasteiger partial charge < -0.3 is 10.2 Å². The third kappa shape index (κ3) is 2.75. The van der Waals surface area contributed by atoms with Crippen LogP contribution >= 0.6 is 33.9 Å². The maximum absolute atomic E-state index is 12.8. The number of amides is 1. The zero-order chi connectivity index (χ0) is 14.1. The molecular weight excluding hydrogens is 383 g/mol. The van der Waals surface area contributed by atoms with Gasteiger partial charge >= 0.3 is 0 Å². The molecule has 3 rings (SSSR count). The van der Waals surface area contributed by atoms with Crippen molar-refractivity contribution in [2.75, 3.05) is 11.4 Å². The monoisotopic (exact) mass is 398 g/mol. The molecule has 0 spiro atoms. The number of nitrogens with zero attached hydrogens (tertiary/aromatic N) is 1. The van der Waals surface area contributed by atoms with Crippen molar-refractivity contribution in [1.29, 1.82) is 0 Å². The van der Waals surface area contributed by atoms with Crippen LogP contribution in [-0.4, -0.2) is 18.5 Å². The minimum absolute atomic E-state index is 0.0900. The minimum atomic E-state index is 0.0900. The number of benzene rings is 1. The van der Waals surface area contributed by atoms with E-state index in [0.29, 0.717) is 6.54 Å². The van der Waals surface area contributed by atoms with Gasteiger partial charge in [-0.1, -0.05) is 18.2 Å². The van der Waals surface area contributed by atoms with E-state index in [0.717, 1.165) is 20.7 Å². The first-order valence-corrected chi connectivity index (χ1v) is 8.48. The molecule has 0 saturated heterocycles. The van der Waals surface area contributed by atoms with E-state index < -0.39 is 0 Å². The van der Waals surface area contributed by atoms with Gasteiger partial charge in [-0.25, -0.2) is 0 Å². The van der Waals surface area contributed by atoms with E-state index in [9.17, 15) is 4.79 Å². The SMILES string of the molecule is CC1CN(C(=O)c2csc(I)c2)c2ccccc2CN1. The molecule has 1 amide bonds. The molecule has 0 saturated carbocycles. The molecule has 0 aliphatic carbocycles. The quantitative estimate of drug-likeness (QED) is 0.746. The molecule has 1 aromatic carbocycles. The Morgan fingerprint density at radius 2 is 2.25 bits per heavy atom. The second kappa shape index (κ2) is 5.83. The van der Waals surface area contributed by atoms with Gasteiger partial charge in [0, 0.05) is 30.2 Å². The molecule has 20 heavy (non-hydrogen) atoms. The number of halogens is 1. The molecule has 0 fully saturated rings. The number of fused-ring (bicyclic) bond motifs is 1. The Labute approximate surface area is 136 Å². The summed E-state index contributed by atoms with van der Waals surface area (Å²) in [5.41, 5.74) is 2.98. The number of rotatable bonds is 1. The Kier molecular flexibility index (Phi) is 4.09. The average molecular weight is 398 g/mol. The number of thiophene rings is 1. The van der Waals surface area contributed by atoms with Gasteiger partial charge in [-0.15, -0.1) is 11.3 Å². The van der Waals surface area contributed by atoms with Crippen molar-refractivity contribution < 1.29 is 4.79 Å². The topological polar surface area (TPSA) is 32.3 Å². The van der Waals surface area contributed by atoms with Crippen LogP contribution in [0.1, 0.15) is 22.8 Å². The van der Waals surface area contributed by atoms with Crippen LogP contribution in [0.5, 0.6) is 0 Å². The van der Waals surface area contributed by atoms with Crippen LogP contribution in [0.15, 0.2) is 35.7 Å². The minimum Gasteiger partial charge on any atom is -0.308 e. The van der Waals surface area contributed by atoms with E-state index in [-0.39, 0.29) is 11.9 Å². The van der Waals surface area contributed by atoms with Crippen LogP contribution in [0, 0.1) is 2.88 Å². The molecule has 3 nitrogen and oxygen atoms in total. The van der Waals surface area contributed by atoms with Gasteiger partial charge in [-0.2, -0.15) is 0 Å². The first kappa shape index (κ1) is 14.0. The summed E-state index contributed by atoms with van der Waals surface area (Å²) in [4.78, 5) is 14.7. The lowest BCUT2D eigenvalue weighted by Gasteiger charge is -2.24. The molecule has 104 valence electrons. The first-order valence-electron chi connectivity index (χ1n) is 6.52. The summed E-state index contributed by atoms with van der Waals surface area (Å²) in [5, 5.41) is 5.39. The fourth-order valence-electron chi connectivity index (χ4n) is 2.41. The second-order valence-corrected chi connectivity index (χ2v) is 7.77. The van der Waals surface area contributed by atoms with Gasteiger partial charge in [0.25, 0.3) is 5.91 Å². The number of para-hydroxylation sites is 1. The van der Waals surface area contributed by atoms with Crippen LogP contribution in [-0.2, 0) is 6.54 Å². The molecule has 1 aromatic heterocycles. The maximum Gasteiger partial charge on any atom is 0.259 e. The number of hydrogen-bond donors (Lipinski definition) is 1. The van der Waals surface area contributed by atoms with Crippen molar-refractivity contribution in [3.63, 3.8) is 0 Å². The number of carbonyl (C=O) groups excluding carboxylic acids is 1. The fraction of sp³-hybridized carbons (Fsp3) is 0.267. The predicted octanol–water partition coefficient (Wildman–Crippen LogP) is 3.49. The molecule has 1 atom stereocenters. The molecular formula is C15H15IN2OS.